The van der Waals surface area contributed by atoms with E-state index >= 15 is 0 Å². The summed E-state index contributed by atoms with van der Waals surface area (Å²) in [7, 11) is 0. The summed E-state index contributed by atoms with van der Waals surface area (Å²) < 4.78 is 0. The summed E-state index contributed by atoms with van der Waals surface area (Å²) in [5.74, 6) is 0. The van der Waals surface area contributed by atoms with Gasteiger partial charge in [0.2, 0.25) is 0 Å². The fourth-order valence-electron chi connectivity index (χ4n) is 0.714. The van der Waals surface area contributed by atoms with Crippen molar-refractivity contribution in [3.05, 3.63) is 24.3 Å². The zero-order valence-corrected chi connectivity index (χ0v) is 6.36. The molecular formula is C7H11N3O. The van der Waals surface area contributed by atoms with Crippen LogP contribution in [-0.4, -0.2) is 21.6 Å². The SMILES string of the molecule is CC(O)(CN)c1ccncn1. The van der Waals surface area contributed by atoms with Gasteiger partial charge in [0.05, 0.1) is 5.69 Å². The van der Waals surface area contributed by atoms with Gasteiger partial charge in [-0.3, -0.25) is 0 Å². The van der Waals surface area contributed by atoms with Crippen LogP contribution in [-0.2, 0) is 5.60 Å². The Balaban J connectivity index is 2.93. The highest BCUT2D eigenvalue weighted by molar-refractivity contribution is 5.08. The zero-order chi connectivity index (χ0) is 8.32. The largest absolute Gasteiger partial charge is 0.383 e. The van der Waals surface area contributed by atoms with Crippen molar-refractivity contribution in [1.29, 1.82) is 0 Å². The molecule has 4 nitrogen and oxygen atoms in total. The molecule has 1 aromatic heterocycles. The minimum atomic E-state index is -1.04. The van der Waals surface area contributed by atoms with Gasteiger partial charge in [0, 0.05) is 12.7 Å². The number of aromatic nitrogens is 2. The van der Waals surface area contributed by atoms with Crippen LogP contribution in [0, 0.1) is 0 Å². The lowest BCUT2D eigenvalue weighted by Crippen LogP contribution is -2.32. The molecule has 0 spiro atoms. The molecule has 1 heterocycles. The second kappa shape index (κ2) is 2.94. The van der Waals surface area contributed by atoms with E-state index in [1.54, 1.807) is 19.2 Å². The molecule has 3 N–H and O–H groups in total. The van der Waals surface area contributed by atoms with Gasteiger partial charge in [0.1, 0.15) is 11.9 Å². The molecular weight excluding hydrogens is 142 g/mol. The van der Waals surface area contributed by atoms with E-state index in [4.69, 9.17) is 5.73 Å². The molecule has 0 radical (unpaired) electrons. The van der Waals surface area contributed by atoms with Crippen molar-refractivity contribution in [1.82, 2.24) is 9.97 Å². The lowest BCUT2D eigenvalue weighted by molar-refractivity contribution is 0.0620. The number of rotatable bonds is 2. The van der Waals surface area contributed by atoms with Crippen molar-refractivity contribution < 1.29 is 5.11 Å². The normalized spacial score (nSPS) is 15.9. The van der Waals surface area contributed by atoms with Gasteiger partial charge in [0.25, 0.3) is 0 Å². The Morgan fingerprint density at radius 3 is 2.91 bits per heavy atom. The van der Waals surface area contributed by atoms with Crippen LogP contribution in [0.4, 0.5) is 0 Å². The molecule has 0 fully saturated rings. The van der Waals surface area contributed by atoms with E-state index in [0.717, 1.165) is 0 Å². The van der Waals surface area contributed by atoms with Crippen LogP contribution in [0.25, 0.3) is 0 Å². The number of nitrogens with two attached hydrogens (primary N) is 1. The Hall–Kier alpha value is -1.00. The molecule has 0 aliphatic rings. The monoisotopic (exact) mass is 153 g/mol. The standard InChI is InChI=1S/C7H11N3O/c1-7(11,4-8)6-2-3-9-5-10-6/h2-3,5,11H,4,8H2,1H3. The van der Waals surface area contributed by atoms with Crippen molar-refractivity contribution in [2.24, 2.45) is 5.73 Å². The molecule has 1 unspecified atom stereocenters. The summed E-state index contributed by atoms with van der Waals surface area (Å²) in [6, 6.07) is 1.65. The van der Waals surface area contributed by atoms with Crippen LogP contribution in [0.2, 0.25) is 0 Å². The van der Waals surface area contributed by atoms with E-state index in [0.29, 0.717) is 5.69 Å². The molecule has 0 aromatic carbocycles. The predicted molar refractivity (Wildman–Crippen MR) is 40.7 cm³/mol. The van der Waals surface area contributed by atoms with Crippen LogP contribution in [0.5, 0.6) is 0 Å². The van der Waals surface area contributed by atoms with Gasteiger partial charge < -0.3 is 10.8 Å². The van der Waals surface area contributed by atoms with Crippen molar-refractivity contribution in [3.8, 4) is 0 Å². The highest BCUT2D eigenvalue weighted by Crippen LogP contribution is 2.14. The molecule has 1 atom stereocenters. The van der Waals surface area contributed by atoms with Crippen molar-refractivity contribution in [2.45, 2.75) is 12.5 Å². The molecule has 0 bridgehead atoms. The third-order valence-corrected chi connectivity index (χ3v) is 1.53. The van der Waals surface area contributed by atoms with Gasteiger partial charge in [-0.1, -0.05) is 0 Å². The summed E-state index contributed by atoms with van der Waals surface area (Å²) >= 11 is 0. The Bertz CT molecular complexity index is 222. The second-order valence-electron chi connectivity index (χ2n) is 2.57. The highest BCUT2D eigenvalue weighted by atomic mass is 16.3. The average Bonchev–Trinajstić information content (AvgIpc) is 2.06. The quantitative estimate of drug-likeness (QED) is 0.608. The van der Waals surface area contributed by atoms with E-state index in [1.165, 1.54) is 6.33 Å². The first-order valence-corrected chi connectivity index (χ1v) is 3.36. The number of aliphatic hydroxyl groups is 1. The third kappa shape index (κ3) is 1.72. The minimum Gasteiger partial charge on any atom is -0.383 e. The van der Waals surface area contributed by atoms with Crippen LogP contribution in [0.1, 0.15) is 12.6 Å². The Morgan fingerprint density at radius 2 is 2.45 bits per heavy atom. The van der Waals surface area contributed by atoms with Crippen LogP contribution < -0.4 is 5.73 Å². The van der Waals surface area contributed by atoms with Crippen LogP contribution in [0.3, 0.4) is 0 Å². The fraction of sp³-hybridized carbons (Fsp3) is 0.429. The van der Waals surface area contributed by atoms with E-state index in [2.05, 4.69) is 9.97 Å². The molecule has 0 amide bonds. The summed E-state index contributed by atoms with van der Waals surface area (Å²) in [5.41, 5.74) is 4.84. The maximum atomic E-state index is 9.58. The maximum Gasteiger partial charge on any atom is 0.116 e. The van der Waals surface area contributed by atoms with Crippen molar-refractivity contribution in [2.75, 3.05) is 6.54 Å². The summed E-state index contributed by atoms with van der Waals surface area (Å²) in [4.78, 5) is 7.61. The summed E-state index contributed by atoms with van der Waals surface area (Å²) in [6.07, 6.45) is 2.96. The second-order valence-corrected chi connectivity index (χ2v) is 2.57. The first kappa shape index (κ1) is 8.10. The number of nitrogens with zero attached hydrogens (tertiary/aromatic N) is 2. The van der Waals surface area contributed by atoms with Crippen molar-refractivity contribution in [3.63, 3.8) is 0 Å². The molecule has 4 heteroatoms. The first-order chi connectivity index (χ1) is 5.17. The Morgan fingerprint density at radius 1 is 1.73 bits per heavy atom. The van der Waals surface area contributed by atoms with Gasteiger partial charge in [0.15, 0.2) is 0 Å². The fourth-order valence-corrected chi connectivity index (χ4v) is 0.714. The molecule has 60 valence electrons. The average molecular weight is 153 g/mol. The van der Waals surface area contributed by atoms with Gasteiger partial charge in [-0.05, 0) is 13.0 Å². The molecule has 0 aliphatic heterocycles. The molecule has 0 saturated heterocycles. The number of hydrogen-bond acceptors (Lipinski definition) is 4. The van der Waals surface area contributed by atoms with E-state index in [-0.39, 0.29) is 6.54 Å². The Labute approximate surface area is 65.1 Å². The first-order valence-electron chi connectivity index (χ1n) is 3.36. The zero-order valence-electron chi connectivity index (χ0n) is 6.36. The van der Waals surface area contributed by atoms with Gasteiger partial charge in [-0.15, -0.1) is 0 Å². The van der Waals surface area contributed by atoms with Crippen molar-refractivity contribution >= 4 is 0 Å². The smallest absolute Gasteiger partial charge is 0.116 e. The van der Waals surface area contributed by atoms with E-state index in [1.807, 2.05) is 0 Å². The van der Waals surface area contributed by atoms with Crippen LogP contribution >= 0.6 is 0 Å². The van der Waals surface area contributed by atoms with Gasteiger partial charge in [-0.25, -0.2) is 9.97 Å². The molecule has 1 aromatic rings. The van der Waals surface area contributed by atoms with Gasteiger partial charge >= 0.3 is 0 Å². The van der Waals surface area contributed by atoms with Gasteiger partial charge in [-0.2, -0.15) is 0 Å². The summed E-state index contributed by atoms with van der Waals surface area (Å²) in [6.45, 7) is 1.78. The highest BCUT2D eigenvalue weighted by Gasteiger charge is 2.21. The molecule has 1 rings (SSSR count). The Kier molecular flexibility index (Phi) is 2.16. The lowest BCUT2D eigenvalue weighted by Gasteiger charge is -2.19. The molecule has 0 aliphatic carbocycles. The lowest BCUT2D eigenvalue weighted by atomic mass is 10.0. The van der Waals surface area contributed by atoms with E-state index < -0.39 is 5.60 Å². The topological polar surface area (TPSA) is 72.0 Å². The number of hydrogen-bond donors (Lipinski definition) is 2. The minimum absolute atomic E-state index is 0.157. The molecule has 0 saturated carbocycles. The predicted octanol–water partition coefficient (Wildman–Crippen LogP) is -0.357. The van der Waals surface area contributed by atoms with E-state index in [9.17, 15) is 5.11 Å². The van der Waals surface area contributed by atoms with Crippen LogP contribution in [0.15, 0.2) is 18.6 Å². The molecule has 11 heavy (non-hydrogen) atoms. The maximum absolute atomic E-state index is 9.58. The summed E-state index contributed by atoms with van der Waals surface area (Å²) in [5, 5.41) is 9.58. The third-order valence-electron chi connectivity index (χ3n) is 1.53.